The van der Waals surface area contributed by atoms with Crippen LogP contribution < -0.4 is 5.32 Å². The summed E-state index contributed by atoms with van der Waals surface area (Å²) in [4.78, 5) is 21.9. The second-order valence-electron chi connectivity index (χ2n) is 8.91. The molecule has 2 saturated heterocycles. The first kappa shape index (κ1) is 24.4. The molecular weight excluding hydrogens is 406 g/mol. The summed E-state index contributed by atoms with van der Waals surface area (Å²) in [5.74, 6) is 0.895. The molecule has 1 amide bonds. The molecule has 32 heavy (non-hydrogen) atoms. The van der Waals surface area contributed by atoms with Crippen LogP contribution in [0.25, 0.3) is 0 Å². The van der Waals surface area contributed by atoms with Crippen molar-refractivity contribution in [2.24, 2.45) is 0 Å². The predicted molar refractivity (Wildman–Crippen MR) is 123 cm³/mol. The van der Waals surface area contributed by atoms with E-state index in [1.807, 2.05) is 11.8 Å². The zero-order chi connectivity index (χ0) is 23.0. The number of nitrogens with one attached hydrogen (secondary N) is 1. The fourth-order valence-electron chi connectivity index (χ4n) is 4.63. The Bertz CT molecular complexity index is 775. The lowest BCUT2D eigenvalue weighted by Gasteiger charge is -2.36. The van der Waals surface area contributed by atoms with E-state index in [4.69, 9.17) is 14.7 Å². The van der Waals surface area contributed by atoms with Crippen molar-refractivity contribution >= 4 is 11.7 Å². The summed E-state index contributed by atoms with van der Waals surface area (Å²) < 4.78 is 12.4. The van der Waals surface area contributed by atoms with Gasteiger partial charge in [-0.25, -0.2) is 4.98 Å². The smallest absolute Gasteiger partial charge is 0.239 e. The molecule has 3 rings (SSSR count). The largest absolute Gasteiger partial charge is 0.377 e. The summed E-state index contributed by atoms with van der Waals surface area (Å²) in [7, 11) is 0. The number of rotatable bonds is 9. The number of hydrogen-bond acceptors (Lipinski definition) is 7. The number of anilines is 1. The molecule has 0 radical (unpaired) electrons. The molecule has 8 nitrogen and oxygen atoms in total. The molecule has 2 aliphatic heterocycles. The minimum absolute atomic E-state index is 0.0280. The molecule has 3 heterocycles. The highest BCUT2D eigenvalue weighted by Gasteiger charge is 2.44. The maximum Gasteiger partial charge on any atom is 0.239 e. The van der Waals surface area contributed by atoms with E-state index in [0.717, 1.165) is 44.6 Å². The van der Waals surface area contributed by atoms with Gasteiger partial charge in [-0.15, -0.1) is 0 Å². The van der Waals surface area contributed by atoms with Crippen molar-refractivity contribution in [1.29, 1.82) is 5.26 Å². The molecule has 176 valence electrons. The van der Waals surface area contributed by atoms with Gasteiger partial charge in [0.2, 0.25) is 5.91 Å². The van der Waals surface area contributed by atoms with Crippen LogP contribution in [0.1, 0.15) is 52.0 Å². The Hall–Kier alpha value is -2.21. The molecule has 0 bridgehead atoms. The van der Waals surface area contributed by atoms with Crippen LogP contribution in [0.4, 0.5) is 5.82 Å². The number of nitriles is 1. The molecule has 1 N–H and O–H groups in total. The Morgan fingerprint density at radius 2 is 2.19 bits per heavy atom. The number of hydrogen-bond donors (Lipinski definition) is 1. The van der Waals surface area contributed by atoms with Crippen LogP contribution in [-0.4, -0.2) is 84.4 Å². The molecule has 1 aromatic heterocycles. The molecule has 1 aromatic rings. The zero-order valence-electron chi connectivity index (χ0n) is 19.7. The van der Waals surface area contributed by atoms with Crippen LogP contribution >= 0.6 is 0 Å². The van der Waals surface area contributed by atoms with Crippen molar-refractivity contribution in [2.45, 2.75) is 64.2 Å². The Kier molecular flexibility index (Phi) is 8.85. The van der Waals surface area contributed by atoms with E-state index in [1.165, 1.54) is 0 Å². The fraction of sp³-hybridized carbons (Fsp3) is 0.708. The fourth-order valence-corrected chi connectivity index (χ4v) is 4.63. The van der Waals surface area contributed by atoms with Gasteiger partial charge in [-0.05, 0) is 57.8 Å². The lowest BCUT2D eigenvalue weighted by molar-refractivity contribution is -0.141. The first-order valence-electron chi connectivity index (χ1n) is 11.9. The predicted octanol–water partition coefficient (Wildman–Crippen LogP) is 2.65. The van der Waals surface area contributed by atoms with Gasteiger partial charge in [0.15, 0.2) is 0 Å². The molecular formula is C24H37N5O3. The van der Waals surface area contributed by atoms with Crippen LogP contribution in [-0.2, 0) is 14.3 Å². The summed E-state index contributed by atoms with van der Waals surface area (Å²) in [5, 5.41) is 12.2. The third kappa shape index (κ3) is 6.18. The van der Waals surface area contributed by atoms with Crippen LogP contribution in [0.2, 0.25) is 0 Å². The van der Waals surface area contributed by atoms with E-state index in [2.05, 4.69) is 35.1 Å². The van der Waals surface area contributed by atoms with Crippen LogP contribution in [0, 0.1) is 11.3 Å². The lowest BCUT2D eigenvalue weighted by Crippen LogP contribution is -2.53. The number of carbonyl (C=O) groups excluding carboxylic acids is 1. The van der Waals surface area contributed by atoms with Crippen molar-refractivity contribution in [3.05, 3.63) is 23.9 Å². The van der Waals surface area contributed by atoms with Crippen molar-refractivity contribution in [2.75, 3.05) is 51.3 Å². The molecule has 0 aliphatic carbocycles. The third-order valence-electron chi connectivity index (χ3n) is 6.33. The second-order valence-corrected chi connectivity index (χ2v) is 8.91. The summed E-state index contributed by atoms with van der Waals surface area (Å²) in [6.07, 6.45) is 5.44. The van der Waals surface area contributed by atoms with Crippen molar-refractivity contribution in [3.8, 4) is 6.07 Å². The van der Waals surface area contributed by atoms with E-state index in [1.54, 1.807) is 18.3 Å². The SMILES string of the molecule is CCCN(CCC)[C@@H](C)C(=O)N1CCOC[C@]2(CC[C@H](CNc3ccc(C#N)cn3)O2)C1. The number of aromatic nitrogens is 1. The van der Waals surface area contributed by atoms with E-state index in [-0.39, 0.29) is 18.1 Å². The number of nitrogens with zero attached hydrogens (tertiary/aromatic N) is 4. The van der Waals surface area contributed by atoms with Gasteiger partial charge in [0, 0.05) is 19.3 Å². The highest BCUT2D eigenvalue weighted by molar-refractivity contribution is 5.81. The van der Waals surface area contributed by atoms with E-state index in [0.29, 0.717) is 38.4 Å². The van der Waals surface area contributed by atoms with Gasteiger partial charge >= 0.3 is 0 Å². The topological polar surface area (TPSA) is 90.7 Å². The number of carbonyl (C=O) groups is 1. The molecule has 1 spiro atoms. The maximum atomic E-state index is 13.4. The number of ether oxygens (including phenoxy) is 2. The summed E-state index contributed by atoms with van der Waals surface area (Å²) in [6.45, 7) is 11.1. The van der Waals surface area contributed by atoms with Crippen molar-refractivity contribution in [3.63, 3.8) is 0 Å². The minimum Gasteiger partial charge on any atom is -0.377 e. The van der Waals surface area contributed by atoms with Gasteiger partial charge in [0.25, 0.3) is 0 Å². The maximum absolute atomic E-state index is 13.4. The van der Waals surface area contributed by atoms with Crippen molar-refractivity contribution in [1.82, 2.24) is 14.8 Å². The normalized spacial score (nSPS) is 24.3. The second kappa shape index (κ2) is 11.6. The number of amides is 1. The molecule has 2 aliphatic rings. The van der Waals surface area contributed by atoms with Gasteiger partial charge in [0.05, 0.1) is 37.5 Å². The van der Waals surface area contributed by atoms with Gasteiger partial charge in [-0.2, -0.15) is 5.26 Å². The molecule has 3 atom stereocenters. The van der Waals surface area contributed by atoms with Gasteiger partial charge in [0.1, 0.15) is 17.5 Å². The van der Waals surface area contributed by atoms with Gasteiger partial charge in [-0.1, -0.05) is 13.8 Å². The minimum atomic E-state index is -0.448. The average Bonchev–Trinajstić information content (AvgIpc) is 3.09. The van der Waals surface area contributed by atoms with Gasteiger partial charge < -0.3 is 19.7 Å². The van der Waals surface area contributed by atoms with Gasteiger partial charge in [-0.3, -0.25) is 9.69 Å². The number of pyridine rings is 1. The summed E-state index contributed by atoms with van der Waals surface area (Å²) >= 11 is 0. The highest BCUT2D eigenvalue weighted by Crippen LogP contribution is 2.33. The van der Waals surface area contributed by atoms with Crippen LogP contribution in [0.3, 0.4) is 0 Å². The Morgan fingerprint density at radius 1 is 1.41 bits per heavy atom. The molecule has 0 unspecified atom stereocenters. The molecule has 2 fully saturated rings. The molecule has 0 saturated carbocycles. The average molecular weight is 444 g/mol. The first-order valence-corrected chi connectivity index (χ1v) is 11.9. The van der Waals surface area contributed by atoms with Crippen LogP contribution in [0.5, 0.6) is 0 Å². The molecule has 0 aromatic carbocycles. The monoisotopic (exact) mass is 443 g/mol. The highest BCUT2D eigenvalue weighted by atomic mass is 16.6. The van der Waals surface area contributed by atoms with Crippen LogP contribution in [0.15, 0.2) is 18.3 Å². The standard InChI is InChI=1S/C24H37N5O3/c1-4-10-28(11-5-2)19(3)23(30)29-12-13-31-18-24(17-29)9-8-21(32-24)16-27-22-7-6-20(14-25)15-26-22/h6-7,15,19,21H,4-5,8-13,16-18H2,1-3H3,(H,26,27)/t19-,21+,24-/m0/s1. The van der Waals surface area contributed by atoms with Crippen molar-refractivity contribution < 1.29 is 14.3 Å². The summed E-state index contributed by atoms with van der Waals surface area (Å²) in [6, 6.07) is 5.49. The lowest BCUT2D eigenvalue weighted by atomic mass is 9.99. The Labute approximate surface area is 191 Å². The zero-order valence-corrected chi connectivity index (χ0v) is 19.7. The third-order valence-corrected chi connectivity index (χ3v) is 6.33. The summed E-state index contributed by atoms with van der Waals surface area (Å²) in [5.41, 5.74) is 0.0917. The first-order chi connectivity index (χ1) is 15.5. The molecule has 8 heteroatoms. The Balaban J connectivity index is 1.58. The van der Waals surface area contributed by atoms with E-state index in [9.17, 15) is 4.79 Å². The quantitative estimate of drug-likeness (QED) is 0.627. The van der Waals surface area contributed by atoms with E-state index < -0.39 is 5.60 Å². The Morgan fingerprint density at radius 3 is 2.84 bits per heavy atom. The van der Waals surface area contributed by atoms with E-state index >= 15 is 0 Å².